The molecule has 3 aliphatic rings. The number of fused-ring (bicyclic) bond motifs is 1. The topological polar surface area (TPSA) is 63.5 Å². The number of carbonyl (C=O) groups is 1. The van der Waals surface area contributed by atoms with Gasteiger partial charge in [-0.2, -0.15) is 13.2 Å². The summed E-state index contributed by atoms with van der Waals surface area (Å²) >= 11 is 1.05. The summed E-state index contributed by atoms with van der Waals surface area (Å²) in [5.74, 6) is 0.840. The maximum Gasteiger partial charge on any atom is 0.406 e. The van der Waals surface area contributed by atoms with Gasteiger partial charge in [0.15, 0.2) is 5.16 Å². The molecule has 7 nitrogen and oxygen atoms in total. The molecule has 2 saturated heterocycles. The summed E-state index contributed by atoms with van der Waals surface area (Å²) in [5, 5.41) is 8.15. The number of nitrogens with zero attached hydrogens (tertiary/aromatic N) is 5. The lowest BCUT2D eigenvalue weighted by Crippen LogP contribution is -2.50. The van der Waals surface area contributed by atoms with Crippen LogP contribution >= 0.6 is 11.8 Å². The van der Waals surface area contributed by atoms with E-state index in [0.29, 0.717) is 32.2 Å². The van der Waals surface area contributed by atoms with Gasteiger partial charge in [0.2, 0.25) is 11.9 Å². The highest BCUT2D eigenvalue weighted by Crippen LogP contribution is 2.36. The Morgan fingerprint density at radius 1 is 1.07 bits per heavy atom. The van der Waals surface area contributed by atoms with Gasteiger partial charge in [-0.1, -0.05) is 24.6 Å². The molecule has 30 heavy (non-hydrogen) atoms. The summed E-state index contributed by atoms with van der Waals surface area (Å²) in [4.78, 5) is 16.7. The first kappa shape index (κ1) is 21.7. The molecule has 1 amide bonds. The summed E-state index contributed by atoms with van der Waals surface area (Å²) in [6.45, 7) is 1.40. The maximum absolute atomic E-state index is 13.2. The van der Waals surface area contributed by atoms with Crippen molar-refractivity contribution in [3.8, 4) is 0 Å². The average molecular weight is 448 g/mol. The zero-order valence-corrected chi connectivity index (χ0v) is 17.8. The quantitative estimate of drug-likeness (QED) is 0.647. The van der Waals surface area contributed by atoms with Crippen LogP contribution in [0, 0.1) is 5.92 Å². The number of anilines is 1. The van der Waals surface area contributed by atoms with Crippen molar-refractivity contribution in [3.05, 3.63) is 0 Å². The Balaban J connectivity index is 1.45. The van der Waals surface area contributed by atoms with E-state index in [2.05, 4.69) is 10.2 Å². The number of ether oxygens (including phenoxy) is 1. The number of aromatic nitrogens is 3. The van der Waals surface area contributed by atoms with Crippen molar-refractivity contribution in [3.63, 3.8) is 0 Å². The third-order valence-electron chi connectivity index (χ3n) is 6.22. The van der Waals surface area contributed by atoms with Crippen molar-refractivity contribution in [2.45, 2.75) is 62.4 Å². The van der Waals surface area contributed by atoms with E-state index in [4.69, 9.17) is 4.74 Å². The second-order valence-corrected chi connectivity index (χ2v) is 9.16. The minimum Gasteiger partial charge on any atom is -0.378 e. The van der Waals surface area contributed by atoms with Gasteiger partial charge >= 0.3 is 6.18 Å². The molecule has 2 atom stereocenters. The first-order valence-electron chi connectivity index (χ1n) is 10.7. The van der Waals surface area contributed by atoms with Gasteiger partial charge in [0.05, 0.1) is 19.0 Å². The molecular formula is C19H28F3N5O2S. The van der Waals surface area contributed by atoms with Crippen molar-refractivity contribution in [1.82, 2.24) is 19.7 Å². The van der Waals surface area contributed by atoms with Crippen LogP contribution in [0.1, 0.15) is 38.5 Å². The predicted molar refractivity (Wildman–Crippen MR) is 107 cm³/mol. The first-order valence-corrected chi connectivity index (χ1v) is 11.7. The van der Waals surface area contributed by atoms with E-state index in [1.54, 1.807) is 4.90 Å². The highest BCUT2D eigenvalue weighted by atomic mass is 32.2. The third-order valence-corrected chi connectivity index (χ3v) is 7.17. The van der Waals surface area contributed by atoms with Crippen molar-refractivity contribution >= 4 is 23.6 Å². The number of amides is 1. The fourth-order valence-corrected chi connectivity index (χ4v) is 5.67. The average Bonchev–Trinajstić information content (AvgIpc) is 3.13. The lowest BCUT2D eigenvalue weighted by Gasteiger charge is -2.44. The SMILES string of the molecule is O=C(CSc1nnc(N2CCOCC2)n1CC(F)(F)F)N1CCCC2CCCCC21. The monoisotopic (exact) mass is 447 g/mol. The largest absolute Gasteiger partial charge is 0.406 e. The van der Waals surface area contributed by atoms with Gasteiger partial charge in [-0.05, 0) is 31.6 Å². The molecule has 3 heterocycles. The van der Waals surface area contributed by atoms with E-state index in [1.807, 2.05) is 4.90 Å². The van der Waals surface area contributed by atoms with E-state index < -0.39 is 12.7 Å². The molecule has 0 N–H and O–H groups in total. The van der Waals surface area contributed by atoms with Crippen LogP contribution in [0.3, 0.4) is 0 Å². The Hall–Kier alpha value is -1.49. The molecule has 1 aromatic rings. The molecule has 1 aromatic heterocycles. The van der Waals surface area contributed by atoms with E-state index in [-0.39, 0.29) is 28.8 Å². The Kier molecular flexibility index (Phi) is 6.76. The Labute approximate surface area is 178 Å². The van der Waals surface area contributed by atoms with E-state index in [9.17, 15) is 18.0 Å². The molecule has 4 rings (SSSR count). The summed E-state index contributed by atoms with van der Waals surface area (Å²) in [5.41, 5.74) is 0. The van der Waals surface area contributed by atoms with Crippen LogP contribution in [0.5, 0.6) is 0 Å². The number of likely N-dealkylation sites (tertiary alicyclic amines) is 1. The van der Waals surface area contributed by atoms with Crippen molar-refractivity contribution in [2.24, 2.45) is 5.92 Å². The lowest BCUT2D eigenvalue weighted by atomic mass is 9.78. The number of carbonyl (C=O) groups excluding carboxylic acids is 1. The molecule has 2 unspecified atom stereocenters. The van der Waals surface area contributed by atoms with Gasteiger partial charge in [0.1, 0.15) is 6.54 Å². The van der Waals surface area contributed by atoms with Crippen molar-refractivity contribution in [2.75, 3.05) is 43.5 Å². The minimum atomic E-state index is -4.40. The highest BCUT2D eigenvalue weighted by Gasteiger charge is 2.36. The fraction of sp³-hybridized carbons (Fsp3) is 0.842. The molecule has 0 bridgehead atoms. The Bertz CT molecular complexity index is 736. The zero-order chi connectivity index (χ0) is 21.1. The molecule has 0 radical (unpaired) electrons. The number of rotatable bonds is 5. The maximum atomic E-state index is 13.2. The number of thioether (sulfide) groups is 1. The smallest absolute Gasteiger partial charge is 0.378 e. The molecular weight excluding hydrogens is 419 g/mol. The number of alkyl halides is 3. The van der Waals surface area contributed by atoms with Gasteiger partial charge in [-0.3, -0.25) is 9.36 Å². The minimum absolute atomic E-state index is 0.00826. The van der Waals surface area contributed by atoms with Gasteiger partial charge in [-0.15, -0.1) is 10.2 Å². The molecule has 3 fully saturated rings. The highest BCUT2D eigenvalue weighted by molar-refractivity contribution is 7.99. The Morgan fingerprint density at radius 3 is 2.57 bits per heavy atom. The van der Waals surface area contributed by atoms with E-state index in [0.717, 1.165) is 42.1 Å². The number of morpholine rings is 1. The fourth-order valence-electron chi connectivity index (χ4n) is 4.85. The third kappa shape index (κ3) is 5.04. The number of piperidine rings is 1. The van der Waals surface area contributed by atoms with Crippen LogP contribution in [0.2, 0.25) is 0 Å². The van der Waals surface area contributed by atoms with Crippen LogP contribution in [0.25, 0.3) is 0 Å². The second-order valence-electron chi connectivity index (χ2n) is 8.21. The van der Waals surface area contributed by atoms with E-state index in [1.165, 1.54) is 19.3 Å². The standard InChI is InChI=1S/C19H28F3N5O2S/c20-19(21,22)13-27-17(25-8-10-29-11-9-25)23-24-18(27)30-12-16(28)26-7-3-5-14-4-1-2-6-15(14)26/h14-15H,1-13H2. The van der Waals surface area contributed by atoms with Crippen molar-refractivity contribution < 1.29 is 22.7 Å². The summed E-state index contributed by atoms with van der Waals surface area (Å²) < 4.78 is 46.0. The number of hydrogen-bond acceptors (Lipinski definition) is 6. The van der Waals surface area contributed by atoms with Crippen LogP contribution in [-0.2, 0) is 16.1 Å². The first-order chi connectivity index (χ1) is 14.4. The van der Waals surface area contributed by atoms with Gasteiger partial charge in [0.25, 0.3) is 0 Å². The van der Waals surface area contributed by atoms with Crippen LogP contribution in [0.15, 0.2) is 5.16 Å². The lowest BCUT2D eigenvalue weighted by molar-refractivity contribution is -0.141. The predicted octanol–water partition coefficient (Wildman–Crippen LogP) is 2.95. The van der Waals surface area contributed by atoms with Crippen LogP contribution in [-0.4, -0.2) is 76.4 Å². The molecule has 1 aliphatic carbocycles. The van der Waals surface area contributed by atoms with Crippen LogP contribution < -0.4 is 4.90 Å². The van der Waals surface area contributed by atoms with Gasteiger partial charge < -0.3 is 14.5 Å². The molecule has 0 aromatic carbocycles. The molecule has 11 heteroatoms. The van der Waals surface area contributed by atoms with Gasteiger partial charge in [-0.25, -0.2) is 0 Å². The summed E-state index contributed by atoms with van der Waals surface area (Å²) in [6, 6.07) is 0.289. The van der Waals surface area contributed by atoms with Gasteiger partial charge in [0, 0.05) is 25.7 Å². The van der Waals surface area contributed by atoms with Crippen LogP contribution in [0.4, 0.5) is 19.1 Å². The number of halogens is 3. The number of hydrogen-bond donors (Lipinski definition) is 0. The second kappa shape index (κ2) is 9.33. The molecule has 2 aliphatic heterocycles. The molecule has 168 valence electrons. The Morgan fingerprint density at radius 2 is 1.80 bits per heavy atom. The van der Waals surface area contributed by atoms with E-state index >= 15 is 0 Å². The summed E-state index contributed by atoms with van der Waals surface area (Å²) in [7, 11) is 0. The normalized spacial score (nSPS) is 25.3. The van der Waals surface area contributed by atoms with Crippen molar-refractivity contribution in [1.29, 1.82) is 0 Å². The molecule has 0 spiro atoms. The molecule has 1 saturated carbocycles. The zero-order valence-electron chi connectivity index (χ0n) is 16.9. The summed E-state index contributed by atoms with van der Waals surface area (Å²) in [6.07, 6.45) is 2.35.